The van der Waals surface area contributed by atoms with Crippen LogP contribution in [0.15, 0.2) is 0 Å². The molecule has 1 rings (SSSR count). The van der Waals surface area contributed by atoms with Gasteiger partial charge in [0.05, 0.1) is 12.0 Å². The summed E-state index contributed by atoms with van der Waals surface area (Å²) in [5.74, 6) is -0.871. The van der Waals surface area contributed by atoms with Gasteiger partial charge in [0.2, 0.25) is 0 Å². The van der Waals surface area contributed by atoms with E-state index in [2.05, 4.69) is 4.74 Å². The molecule has 0 aliphatic rings. The van der Waals surface area contributed by atoms with Crippen molar-refractivity contribution in [2.75, 3.05) is 7.11 Å². The van der Waals surface area contributed by atoms with Gasteiger partial charge in [0, 0.05) is 0 Å². The number of nitro groups is 1. The summed E-state index contributed by atoms with van der Waals surface area (Å²) in [7, 11) is 1.11. The van der Waals surface area contributed by atoms with Crippen LogP contribution in [0.1, 0.15) is 10.4 Å². The third-order valence-corrected chi connectivity index (χ3v) is 2.96. The van der Waals surface area contributed by atoms with Crippen LogP contribution in [0.4, 0.5) is 5.69 Å². The smallest absolute Gasteiger partial charge is 0.347 e. The number of rotatable bonds is 2. The number of halogens is 2. The molecule has 1 heterocycles. The van der Waals surface area contributed by atoms with Gasteiger partial charge in [0.25, 0.3) is 0 Å². The molecule has 0 aromatic carbocycles. The van der Waals surface area contributed by atoms with Crippen molar-refractivity contribution < 1.29 is 14.5 Å². The summed E-state index contributed by atoms with van der Waals surface area (Å²) in [5.41, 5.74) is -0.803. The van der Waals surface area contributed by atoms with E-state index in [0.717, 1.165) is 18.4 Å². The van der Waals surface area contributed by atoms with E-state index < -0.39 is 16.6 Å². The number of ether oxygens (including phenoxy) is 1. The summed E-state index contributed by atoms with van der Waals surface area (Å²) in [6.07, 6.45) is 0. The maximum atomic E-state index is 11.1. The number of hydrogen-bond acceptors (Lipinski definition) is 5. The molecule has 5 nitrogen and oxygen atoms in total. The van der Waals surface area contributed by atoms with E-state index in [0.29, 0.717) is 0 Å². The Bertz CT molecular complexity index is 403. The minimum absolute atomic E-state index is 0.0476. The van der Waals surface area contributed by atoms with Gasteiger partial charge in [-0.05, 0) is 0 Å². The molecule has 0 saturated carbocycles. The fraction of sp³-hybridized carbons (Fsp3) is 0.167. The second-order valence-corrected chi connectivity index (χ2v) is 4.35. The minimum Gasteiger partial charge on any atom is -0.465 e. The zero-order valence-corrected chi connectivity index (χ0v) is 9.07. The first-order chi connectivity index (χ1) is 6.49. The molecule has 0 spiro atoms. The van der Waals surface area contributed by atoms with Gasteiger partial charge in [-0.3, -0.25) is 10.1 Å². The highest BCUT2D eigenvalue weighted by Gasteiger charge is 2.31. The first-order valence-corrected chi connectivity index (χ1v) is 4.76. The molecule has 0 N–H and O–H groups in total. The van der Waals surface area contributed by atoms with Gasteiger partial charge in [-0.1, -0.05) is 23.2 Å². The van der Waals surface area contributed by atoms with E-state index in [-0.39, 0.29) is 14.2 Å². The van der Waals surface area contributed by atoms with Crippen LogP contribution < -0.4 is 0 Å². The topological polar surface area (TPSA) is 69.4 Å². The quantitative estimate of drug-likeness (QED) is 0.463. The fourth-order valence-corrected chi connectivity index (χ4v) is 2.44. The standard InChI is InChI=1S/C6H3Cl2NO4S/c1-13-6(10)2-3(9(11)12)5(8)14-4(2)7/h1H3. The highest BCUT2D eigenvalue weighted by Crippen LogP contribution is 2.42. The Morgan fingerprint density at radius 1 is 1.50 bits per heavy atom. The van der Waals surface area contributed by atoms with Crippen molar-refractivity contribution in [3.63, 3.8) is 0 Å². The molecule has 14 heavy (non-hydrogen) atoms. The molecule has 0 aliphatic carbocycles. The number of carbonyl (C=O) groups is 1. The molecule has 1 aromatic rings. The lowest BCUT2D eigenvalue weighted by atomic mass is 10.3. The Morgan fingerprint density at radius 3 is 2.50 bits per heavy atom. The molecule has 0 fully saturated rings. The van der Waals surface area contributed by atoms with Gasteiger partial charge in [-0.25, -0.2) is 4.79 Å². The molecule has 8 heteroatoms. The van der Waals surface area contributed by atoms with E-state index >= 15 is 0 Å². The maximum absolute atomic E-state index is 11.1. The van der Waals surface area contributed by atoms with E-state index in [1.165, 1.54) is 0 Å². The van der Waals surface area contributed by atoms with Crippen LogP contribution in [0.5, 0.6) is 0 Å². The molecule has 0 saturated heterocycles. The van der Waals surface area contributed by atoms with Crippen LogP contribution in [0.3, 0.4) is 0 Å². The molecule has 0 bridgehead atoms. The summed E-state index contributed by atoms with van der Waals surface area (Å²) in [5, 5.41) is 10.5. The van der Waals surface area contributed by atoms with Gasteiger partial charge < -0.3 is 4.74 Å². The molecule has 0 unspecified atom stereocenters. The normalized spacial score (nSPS) is 9.93. The summed E-state index contributed by atoms with van der Waals surface area (Å²) in [6.45, 7) is 0. The van der Waals surface area contributed by atoms with Crippen LogP contribution in [-0.2, 0) is 4.74 Å². The number of carbonyl (C=O) groups excluding carboxylic acids is 1. The Labute approximate surface area is 92.3 Å². The number of hydrogen-bond donors (Lipinski definition) is 0. The number of methoxy groups -OCH3 is 1. The molecule has 0 aliphatic heterocycles. The third kappa shape index (κ3) is 1.82. The predicted molar refractivity (Wildman–Crippen MR) is 52.3 cm³/mol. The van der Waals surface area contributed by atoms with Crippen molar-refractivity contribution in [3.05, 3.63) is 24.4 Å². The first-order valence-electron chi connectivity index (χ1n) is 3.19. The fourth-order valence-electron chi connectivity index (χ4n) is 0.811. The van der Waals surface area contributed by atoms with Crippen LogP contribution in [0, 0.1) is 10.1 Å². The second-order valence-electron chi connectivity index (χ2n) is 2.12. The van der Waals surface area contributed by atoms with E-state index in [1.807, 2.05) is 0 Å². The molecule has 0 radical (unpaired) electrons. The van der Waals surface area contributed by atoms with Crippen molar-refractivity contribution in [1.29, 1.82) is 0 Å². The van der Waals surface area contributed by atoms with E-state index in [4.69, 9.17) is 23.2 Å². The Kier molecular flexibility index (Phi) is 3.30. The molecule has 76 valence electrons. The Balaban J connectivity index is 3.39. The molecule has 1 aromatic heterocycles. The van der Waals surface area contributed by atoms with Crippen molar-refractivity contribution in [2.45, 2.75) is 0 Å². The lowest BCUT2D eigenvalue weighted by molar-refractivity contribution is -0.384. The minimum atomic E-state index is -0.871. The van der Waals surface area contributed by atoms with Crippen molar-refractivity contribution in [1.82, 2.24) is 0 Å². The predicted octanol–water partition coefficient (Wildman–Crippen LogP) is 2.75. The highest BCUT2D eigenvalue weighted by atomic mass is 35.5. The Morgan fingerprint density at radius 2 is 2.07 bits per heavy atom. The SMILES string of the molecule is COC(=O)c1c(Cl)sc(Cl)c1[N+](=O)[O-]. The summed E-state index contributed by atoms with van der Waals surface area (Å²) < 4.78 is 4.16. The zero-order valence-electron chi connectivity index (χ0n) is 6.74. The van der Waals surface area contributed by atoms with Crippen LogP contribution in [-0.4, -0.2) is 18.0 Å². The number of nitrogens with zero attached hydrogens (tertiary/aromatic N) is 1. The lowest BCUT2D eigenvalue weighted by Crippen LogP contribution is -2.03. The number of esters is 1. The van der Waals surface area contributed by atoms with Crippen molar-refractivity contribution in [3.8, 4) is 0 Å². The van der Waals surface area contributed by atoms with Crippen molar-refractivity contribution in [2.24, 2.45) is 0 Å². The van der Waals surface area contributed by atoms with Gasteiger partial charge in [-0.2, -0.15) is 0 Å². The maximum Gasteiger partial charge on any atom is 0.347 e. The van der Waals surface area contributed by atoms with Gasteiger partial charge in [-0.15, -0.1) is 11.3 Å². The van der Waals surface area contributed by atoms with Crippen LogP contribution in [0.2, 0.25) is 8.67 Å². The summed E-state index contributed by atoms with van der Waals surface area (Å²) in [4.78, 5) is 20.9. The van der Waals surface area contributed by atoms with Gasteiger partial charge in [0.1, 0.15) is 4.34 Å². The molecular formula is C6H3Cl2NO4S. The van der Waals surface area contributed by atoms with Crippen molar-refractivity contribution >= 4 is 46.2 Å². The zero-order chi connectivity index (χ0) is 10.9. The van der Waals surface area contributed by atoms with E-state index in [9.17, 15) is 14.9 Å². The number of thiophene rings is 1. The average Bonchev–Trinajstić information content (AvgIpc) is 2.39. The molecular weight excluding hydrogens is 253 g/mol. The van der Waals surface area contributed by atoms with Crippen LogP contribution >= 0.6 is 34.5 Å². The monoisotopic (exact) mass is 255 g/mol. The Hall–Kier alpha value is -0.850. The average molecular weight is 256 g/mol. The van der Waals surface area contributed by atoms with Gasteiger partial charge in [0.15, 0.2) is 9.90 Å². The summed E-state index contributed by atoms with van der Waals surface area (Å²) >= 11 is 11.9. The molecule has 0 atom stereocenters. The molecule has 0 amide bonds. The lowest BCUT2D eigenvalue weighted by Gasteiger charge is -1.95. The third-order valence-electron chi connectivity index (χ3n) is 1.37. The second kappa shape index (κ2) is 4.12. The first kappa shape index (κ1) is 11.2. The van der Waals surface area contributed by atoms with Crippen LogP contribution in [0.25, 0.3) is 0 Å². The van der Waals surface area contributed by atoms with E-state index in [1.54, 1.807) is 0 Å². The van der Waals surface area contributed by atoms with Gasteiger partial charge >= 0.3 is 11.7 Å². The highest BCUT2D eigenvalue weighted by molar-refractivity contribution is 7.21. The summed E-state index contributed by atoms with van der Waals surface area (Å²) in [6, 6.07) is 0. The largest absolute Gasteiger partial charge is 0.465 e.